The summed E-state index contributed by atoms with van der Waals surface area (Å²) in [5, 5.41) is 19.6. The minimum absolute atomic E-state index is 0.0407. The highest BCUT2D eigenvalue weighted by Crippen LogP contribution is 2.10. The molecule has 0 radical (unpaired) electrons. The van der Waals surface area contributed by atoms with E-state index in [9.17, 15) is 4.79 Å². The summed E-state index contributed by atoms with van der Waals surface area (Å²) in [6.45, 7) is 1.13. The molecular formula is C13H18N2O5. The van der Waals surface area contributed by atoms with Gasteiger partial charge in [0.05, 0.1) is 12.0 Å². The second kappa shape index (κ2) is 7.32. The average Bonchev–Trinajstić information content (AvgIpc) is 2.98. The first-order chi connectivity index (χ1) is 9.65. The van der Waals surface area contributed by atoms with E-state index in [0.29, 0.717) is 0 Å². The van der Waals surface area contributed by atoms with E-state index in [2.05, 4.69) is 10.2 Å². The predicted octanol–water partition coefficient (Wildman–Crippen LogP) is 0.994. The van der Waals surface area contributed by atoms with Gasteiger partial charge in [0.2, 0.25) is 0 Å². The maximum atomic E-state index is 11.7. The van der Waals surface area contributed by atoms with Crippen LogP contribution in [0.2, 0.25) is 0 Å². The van der Waals surface area contributed by atoms with Gasteiger partial charge in [-0.15, -0.1) is 0 Å². The van der Waals surface area contributed by atoms with E-state index in [1.54, 1.807) is 24.3 Å². The van der Waals surface area contributed by atoms with Gasteiger partial charge >= 0.3 is 5.97 Å². The molecule has 2 rings (SSSR count). The Kier molecular flexibility index (Phi) is 5.45. The third kappa shape index (κ3) is 4.55. The van der Waals surface area contributed by atoms with Crippen LogP contribution in [0.15, 0.2) is 24.3 Å². The lowest BCUT2D eigenvalue weighted by atomic mass is 10.1. The van der Waals surface area contributed by atoms with Crippen LogP contribution >= 0.6 is 0 Å². The number of carbonyl (C=O) groups excluding carboxylic acids is 1. The molecule has 20 heavy (non-hydrogen) atoms. The molecule has 0 saturated carbocycles. The van der Waals surface area contributed by atoms with Gasteiger partial charge < -0.3 is 10.1 Å². The van der Waals surface area contributed by atoms with Crippen LogP contribution in [0, 0.1) is 0 Å². The highest BCUT2D eigenvalue weighted by molar-refractivity contribution is 5.76. The summed E-state index contributed by atoms with van der Waals surface area (Å²) >= 11 is 0. The van der Waals surface area contributed by atoms with Crippen LogP contribution in [0.5, 0.6) is 0 Å². The number of benzene rings is 1. The molecule has 0 amide bonds. The number of nitrogens with one attached hydrogen (secondary N) is 1. The van der Waals surface area contributed by atoms with E-state index in [-0.39, 0.29) is 30.6 Å². The highest BCUT2D eigenvalue weighted by atomic mass is 17.1. The zero-order valence-electron chi connectivity index (χ0n) is 11.0. The Morgan fingerprint density at radius 2 is 1.90 bits per heavy atom. The zero-order chi connectivity index (χ0) is 14.4. The van der Waals surface area contributed by atoms with E-state index in [0.717, 1.165) is 30.5 Å². The van der Waals surface area contributed by atoms with Gasteiger partial charge in [-0.1, -0.05) is 24.3 Å². The molecule has 0 aliphatic carbocycles. The molecule has 1 heterocycles. The first kappa shape index (κ1) is 14.9. The van der Waals surface area contributed by atoms with E-state index >= 15 is 0 Å². The number of ether oxygens (including phenoxy) is 1. The summed E-state index contributed by atoms with van der Waals surface area (Å²) in [5.41, 5.74) is 1.63. The SMILES string of the molecule is O=C(OCc1ccc(CON(O)O)cc1)C1CCCN1. The lowest BCUT2D eigenvalue weighted by molar-refractivity contribution is -0.497. The van der Waals surface area contributed by atoms with E-state index < -0.39 is 0 Å². The van der Waals surface area contributed by atoms with E-state index in [1.165, 1.54) is 0 Å². The van der Waals surface area contributed by atoms with Crippen molar-refractivity contribution in [2.75, 3.05) is 6.54 Å². The smallest absolute Gasteiger partial charge is 0.323 e. The summed E-state index contributed by atoms with van der Waals surface area (Å²) in [4.78, 5) is 16.2. The molecule has 0 aromatic heterocycles. The molecule has 1 aliphatic heterocycles. The van der Waals surface area contributed by atoms with Crippen LogP contribution < -0.4 is 5.32 Å². The second-order valence-corrected chi connectivity index (χ2v) is 4.60. The van der Waals surface area contributed by atoms with Gasteiger partial charge in [0.15, 0.2) is 0 Å². The predicted molar refractivity (Wildman–Crippen MR) is 67.5 cm³/mol. The molecule has 0 bridgehead atoms. The summed E-state index contributed by atoms with van der Waals surface area (Å²) in [7, 11) is 0. The molecule has 1 unspecified atom stereocenters. The fourth-order valence-electron chi connectivity index (χ4n) is 2.00. The van der Waals surface area contributed by atoms with Crippen LogP contribution in [-0.2, 0) is 27.6 Å². The maximum absolute atomic E-state index is 11.7. The first-order valence-electron chi connectivity index (χ1n) is 6.44. The molecule has 1 saturated heterocycles. The first-order valence-corrected chi connectivity index (χ1v) is 6.44. The normalized spacial score (nSPS) is 18.4. The fourth-order valence-corrected chi connectivity index (χ4v) is 2.00. The minimum Gasteiger partial charge on any atom is -0.460 e. The second-order valence-electron chi connectivity index (χ2n) is 4.60. The Balaban J connectivity index is 1.77. The molecule has 0 spiro atoms. The molecule has 1 atom stereocenters. The number of rotatable bonds is 6. The van der Waals surface area contributed by atoms with Crippen molar-refractivity contribution in [2.24, 2.45) is 0 Å². The van der Waals surface area contributed by atoms with Crippen molar-refractivity contribution in [2.45, 2.75) is 32.1 Å². The van der Waals surface area contributed by atoms with Crippen molar-refractivity contribution in [1.82, 2.24) is 10.7 Å². The van der Waals surface area contributed by atoms with Crippen LogP contribution in [0.4, 0.5) is 0 Å². The molecule has 1 aromatic rings. The molecule has 1 aliphatic rings. The topological polar surface area (TPSA) is 91.3 Å². The molecule has 110 valence electrons. The van der Waals surface area contributed by atoms with E-state index in [4.69, 9.17) is 15.2 Å². The Morgan fingerprint density at radius 3 is 2.45 bits per heavy atom. The van der Waals surface area contributed by atoms with Crippen molar-refractivity contribution >= 4 is 5.97 Å². The lowest BCUT2D eigenvalue weighted by Gasteiger charge is -2.11. The third-order valence-electron chi connectivity index (χ3n) is 3.10. The number of hydrogen-bond donors (Lipinski definition) is 3. The molecule has 7 nitrogen and oxygen atoms in total. The maximum Gasteiger partial charge on any atom is 0.323 e. The fraction of sp³-hybridized carbons (Fsp3) is 0.462. The van der Waals surface area contributed by atoms with Crippen LogP contribution in [0.25, 0.3) is 0 Å². The lowest BCUT2D eigenvalue weighted by Crippen LogP contribution is -2.32. The largest absolute Gasteiger partial charge is 0.460 e. The van der Waals surface area contributed by atoms with Crippen LogP contribution in [0.3, 0.4) is 0 Å². The van der Waals surface area contributed by atoms with Crippen LogP contribution in [-0.4, -0.2) is 34.4 Å². The van der Waals surface area contributed by atoms with Gasteiger partial charge in [-0.2, -0.15) is 0 Å². The van der Waals surface area contributed by atoms with Gasteiger partial charge in [-0.25, -0.2) is 4.84 Å². The molecule has 3 N–H and O–H groups in total. The Hall–Kier alpha value is -1.51. The highest BCUT2D eigenvalue weighted by Gasteiger charge is 2.23. The van der Waals surface area contributed by atoms with Gasteiger partial charge in [0.25, 0.3) is 0 Å². The average molecular weight is 282 g/mol. The third-order valence-corrected chi connectivity index (χ3v) is 3.10. The van der Waals surface area contributed by atoms with Gasteiger partial charge in [0.1, 0.15) is 12.6 Å². The Labute approximate surface area is 116 Å². The van der Waals surface area contributed by atoms with Crippen molar-refractivity contribution < 1.29 is 24.8 Å². The Bertz CT molecular complexity index is 429. The van der Waals surface area contributed by atoms with Gasteiger partial charge in [-0.05, 0) is 30.5 Å². The standard InChI is InChI=1S/C13H18N2O5/c16-13(12-2-1-7-14-12)19-8-10-3-5-11(6-4-10)9-20-15(17)18/h3-6,12,14,17-18H,1-2,7-9H2. The molecular weight excluding hydrogens is 264 g/mol. The van der Waals surface area contributed by atoms with Crippen LogP contribution in [0.1, 0.15) is 24.0 Å². The summed E-state index contributed by atoms with van der Waals surface area (Å²) < 4.78 is 5.23. The van der Waals surface area contributed by atoms with Crippen molar-refractivity contribution in [3.8, 4) is 0 Å². The molecule has 1 fully saturated rings. The quantitative estimate of drug-likeness (QED) is 0.529. The van der Waals surface area contributed by atoms with Crippen molar-refractivity contribution in [3.05, 3.63) is 35.4 Å². The number of nitrogens with zero attached hydrogens (tertiary/aromatic N) is 1. The summed E-state index contributed by atoms with van der Waals surface area (Å²) in [6.07, 6.45) is 1.83. The molecule has 7 heteroatoms. The number of hydrogen-bond acceptors (Lipinski definition) is 7. The summed E-state index contributed by atoms with van der Waals surface area (Å²) in [5.74, 6) is -0.217. The zero-order valence-corrected chi connectivity index (χ0v) is 11.0. The Morgan fingerprint density at radius 1 is 1.25 bits per heavy atom. The minimum atomic E-state index is -0.329. The number of carbonyl (C=O) groups is 1. The van der Waals surface area contributed by atoms with Gasteiger partial charge in [-0.3, -0.25) is 15.2 Å². The van der Waals surface area contributed by atoms with Crippen molar-refractivity contribution in [1.29, 1.82) is 0 Å². The summed E-state index contributed by atoms with van der Waals surface area (Å²) in [6, 6.07) is 6.95. The number of esters is 1. The monoisotopic (exact) mass is 282 g/mol. The molecule has 1 aromatic carbocycles. The van der Waals surface area contributed by atoms with Crippen molar-refractivity contribution in [3.63, 3.8) is 0 Å². The van der Waals surface area contributed by atoms with Gasteiger partial charge in [0, 0.05) is 0 Å². The van der Waals surface area contributed by atoms with E-state index in [1.807, 2.05) is 0 Å².